The Bertz CT molecular complexity index is 490. The van der Waals surface area contributed by atoms with E-state index in [1.54, 1.807) is 6.07 Å². The van der Waals surface area contributed by atoms with E-state index in [1.807, 2.05) is 11.4 Å². The van der Waals surface area contributed by atoms with Crippen molar-refractivity contribution in [3.05, 3.63) is 28.6 Å². The van der Waals surface area contributed by atoms with Gasteiger partial charge in [-0.05, 0) is 22.9 Å². The first-order valence-electron chi connectivity index (χ1n) is 4.12. The van der Waals surface area contributed by atoms with Crippen molar-refractivity contribution in [2.45, 2.75) is 6.61 Å². The van der Waals surface area contributed by atoms with Crippen LogP contribution in [0.1, 0.15) is 15.9 Å². The van der Waals surface area contributed by atoms with Crippen molar-refractivity contribution in [1.82, 2.24) is 0 Å². The van der Waals surface area contributed by atoms with Crippen LogP contribution in [-0.2, 0) is 6.61 Å². The molecule has 0 saturated heterocycles. The van der Waals surface area contributed by atoms with Gasteiger partial charge in [0.15, 0.2) is 6.29 Å². The summed E-state index contributed by atoms with van der Waals surface area (Å²) in [5.74, 6) is 0. The molecule has 1 aromatic heterocycles. The molecular weight excluding hydrogens is 198 g/mol. The molecule has 0 atom stereocenters. The highest BCUT2D eigenvalue weighted by Crippen LogP contribution is 2.30. The number of nitrogen functional groups attached to an aromatic ring is 1. The van der Waals surface area contributed by atoms with Gasteiger partial charge in [0.2, 0.25) is 0 Å². The fourth-order valence-electron chi connectivity index (χ4n) is 1.50. The van der Waals surface area contributed by atoms with Gasteiger partial charge < -0.3 is 10.8 Å². The highest BCUT2D eigenvalue weighted by Gasteiger charge is 2.10. The number of carbonyl (C=O) groups excluding carboxylic acids is 1. The molecule has 0 fully saturated rings. The molecule has 0 bridgehead atoms. The first-order chi connectivity index (χ1) is 6.77. The van der Waals surface area contributed by atoms with Gasteiger partial charge in [-0.15, -0.1) is 11.3 Å². The van der Waals surface area contributed by atoms with Gasteiger partial charge in [-0.2, -0.15) is 0 Å². The maximum Gasteiger partial charge on any atom is 0.151 e. The molecule has 0 aliphatic rings. The predicted molar refractivity (Wildman–Crippen MR) is 57.5 cm³/mol. The Morgan fingerprint density at radius 2 is 2.36 bits per heavy atom. The van der Waals surface area contributed by atoms with Gasteiger partial charge in [-0.1, -0.05) is 0 Å². The molecular formula is C10H9NO2S. The molecule has 0 amide bonds. The normalized spacial score (nSPS) is 10.6. The van der Waals surface area contributed by atoms with Gasteiger partial charge in [0, 0.05) is 21.5 Å². The number of aliphatic hydroxyl groups is 1. The number of anilines is 1. The van der Waals surface area contributed by atoms with E-state index in [1.165, 1.54) is 11.3 Å². The van der Waals surface area contributed by atoms with Crippen molar-refractivity contribution in [2.24, 2.45) is 0 Å². The van der Waals surface area contributed by atoms with E-state index in [-0.39, 0.29) is 6.61 Å². The first-order valence-corrected chi connectivity index (χ1v) is 5.00. The zero-order chi connectivity index (χ0) is 10.1. The summed E-state index contributed by atoms with van der Waals surface area (Å²) in [5, 5.41) is 11.9. The van der Waals surface area contributed by atoms with Crippen LogP contribution in [0.2, 0.25) is 0 Å². The Morgan fingerprint density at radius 3 is 3.00 bits per heavy atom. The van der Waals surface area contributed by atoms with Crippen molar-refractivity contribution < 1.29 is 9.90 Å². The maximum atomic E-state index is 10.9. The lowest BCUT2D eigenvalue weighted by atomic mass is 10.0. The minimum absolute atomic E-state index is 0.201. The second-order valence-corrected chi connectivity index (χ2v) is 3.89. The van der Waals surface area contributed by atoms with Crippen molar-refractivity contribution in [3.63, 3.8) is 0 Å². The molecule has 0 aliphatic carbocycles. The smallest absolute Gasteiger partial charge is 0.151 e. The van der Waals surface area contributed by atoms with E-state index < -0.39 is 0 Å². The minimum Gasteiger partial charge on any atom is -0.398 e. The number of aliphatic hydroxyl groups excluding tert-OH is 1. The number of hydrogen-bond acceptors (Lipinski definition) is 4. The maximum absolute atomic E-state index is 10.9. The van der Waals surface area contributed by atoms with Crippen LogP contribution in [0.3, 0.4) is 0 Å². The lowest BCUT2D eigenvalue weighted by Gasteiger charge is -2.06. The highest BCUT2D eigenvalue weighted by molar-refractivity contribution is 7.17. The zero-order valence-electron chi connectivity index (χ0n) is 7.36. The van der Waals surface area contributed by atoms with Crippen LogP contribution in [0.4, 0.5) is 5.69 Å². The van der Waals surface area contributed by atoms with Gasteiger partial charge in [-0.25, -0.2) is 0 Å². The second-order valence-electron chi connectivity index (χ2n) is 2.97. The molecule has 1 heterocycles. The monoisotopic (exact) mass is 207 g/mol. The summed E-state index contributed by atoms with van der Waals surface area (Å²) in [6.45, 7) is -0.201. The zero-order valence-corrected chi connectivity index (χ0v) is 8.17. The van der Waals surface area contributed by atoms with E-state index in [0.29, 0.717) is 16.8 Å². The molecule has 3 N–H and O–H groups in total. The quantitative estimate of drug-likeness (QED) is 0.583. The molecule has 2 aromatic rings. The summed E-state index contributed by atoms with van der Waals surface area (Å²) < 4.78 is 0.887. The molecule has 3 nitrogen and oxygen atoms in total. The van der Waals surface area contributed by atoms with Crippen molar-refractivity contribution in [2.75, 3.05) is 5.73 Å². The van der Waals surface area contributed by atoms with Gasteiger partial charge in [-0.3, -0.25) is 4.79 Å². The third kappa shape index (κ3) is 1.20. The lowest BCUT2D eigenvalue weighted by Crippen LogP contribution is -1.99. The molecule has 0 aliphatic heterocycles. The standard InChI is InChI=1S/C10H9NO2S/c11-9-3-6-1-2-14-10(6)8(5-13)7(9)4-12/h1-3,5,12H,4,11H2. The first kappa shape index (κ1) is 9.18. The van der Waals surface area contributed by atoms with Crippen molar-refractivity contribution in [1.29, 1.82) is 0 Å². The van der Waals surface area contributed by atoms with E-state index in [4.69, 9.17) is 10.8 Å². The number of fused-ring (bicyclic) bond motifs is 1. The Morgan fingerprint density at radius 1 is 1.57 bits per heavy atom. The van der Waals surface area contributed by atoms with E-state index in [9.17, 15) is 4.79 Å². The fraction of sp³-hybridized carbons (Fsp3) is 0.100. The molecule has 4 heteroatoms. The van der Waals surface area contributed by atoms with Crippen molar-refractivity contribution in [3.8, 4) is 0 Å². The lowest BCUT2D eigenvalue weighted by molar-refractivity contribution is 0.112. The van der Waals surface area contributed by atoms with E-state index in [0.717, 1.165) is 16.4 Å². The van der Waals surface area contributed by atoms with Crippen LogP contribution in [0, 0.1) is 0 Å². The van der Waals surface area contributed by atoms with Crippen LogP contribution < -0.4 is 5.73 Å². The fourth-order valence-corrected chi connectivity index (χ4v) is 2.41. The van der Waals surface area contributed by atoms with Crippen LogP contribution >= 0.6 is 11.3 Å². The number of carbonyl (C=O) groups is 1. The van der Waals surface area contributed by atoms with Crippen LogP contribution in [0.5, 0.6) is 0 Å². The second kappa shape index (κ2) is 3.40. The summed E-state index contributed by atoms with van der Waals surface area (Å²) >= 11 is 1.48. The molecule has 0 saturated carbocycles. The SMILES string of the molecule is Nc1cc2ccsc2c(C=O)c1CO. The summed E-state index contributed by atoms with van der Waals surface area (Å²) in [7, 11) is 0. The molecule has 14 heavy (non-hydrogen) atoms. The molecule has 1 aromatic carbocycles. The Labute approximate surface area is 84.8 Å². The summed E-state index contributed by atoms with van der Waals surface area (Å²) in [6.07, 6.45) is 0.751. The molecule has 0 radical (unpaired) electrons. The van der Waals surface area contributed by atoms with Crippen LogP contribution in [0.25, 0.3) is 10.1 Å². The average molecular weight is 207 g/mol. The van der Waals surface area contributed by atoms with Crippen LogP contribution in [0.15, 0.2) is 17.5 Å². The summed E-state index contributed by atoms with van der Waals surface area (Å²) in [4.78, 5) is 10.9. The third-order valence-corrected chi connectivity index (χ3v) is 3.16. The van der Waals surface area contributed by atoms with Crippen LogP contribution in [-0.4, -0.2) is 11.4 Å². The van der Waals surface area contributed by atoms with Gasteiger partial charge in [0.25, 0.3) is 0 Å². The van der Waals surface area contributed by atoms with E-state index >= 15 is 0 Å². The number of hydrogen-bond donors (Lipinski definition) is 2. The summed E-state index contributed by atoms with van der Waals surface area (Å²) in [5.41, 5.74) is 7.23. The Kier molecular flexibility index (Phi) is 2.23. The Balaban J connectivity index is 2.88. The largest absolute Gasteiger partial charge is 0.398 e. The Hall–Kier alpha value is -1.39. The summed E-state index contributed by atoms with van der Waals surface area (Å²) in [6, 6.07) is 3.69. The van der Waals surface area contributed by atoms with Gasteiger partial charge in [0.1, 0.15) is 0 Å². The van der Waals surface area contributed by atoms with Crippen molar-refractivity contribution >= 4 is 33.4 Å². The predicted octanol–water partition coefficient (Wildman–Crippen LogP) is 1.79. The molecule has 72 valence electrons. The highest BCUT2D eigenvalue weighted by atomic mass is 32.1. The third-order valence-electron chi connectivity index (χ3n) is 2.20. The van der Waals surface area contributed by atoms with Gasteiger partial charge in [0.05, 0.1) is 6.61 Å². The number of thiophene rings is 1. The number of benzene rings is 1. The molecule has 0 unspecified atom stereocenters. The topological polar surface area (TPSA) is 63.3 Å². The average Bonchev–Trinajstić information content (AvgIpc) is 2.62. The minimum atomic E-state index is -0.201. The number of rotatable bonds is 2. The van der Waals surface area contributed by atoms with Gasteiger partial charge >= 0.3 is 0 Å². The molecule has 2 rings (SSSR count). The number of nitrogens with two attached hydrogens (primary N) is 1. The van der Waals surface area contributed by atoms with E-state index in [2.05, 4.69) is 0 Å². The number of aldehydes is 1. The molecule has 0 spiro atoms.